The van der Waals surface area contributed by atoms with Gasteiger partial charge in [-0.2, -0.15) is 0 Å². The summed E-state index contributed by atoms with van der Waals surface area (Å²) in [6, 6.07) is 7.24. The van der Waals surface area contributed by atoms with Crippen LogP contribution in [-0.4, -0.2) is 42.9 Å². The van der Waals surface area contributed by atoms with Gasteiger partial charge in [-0.3, -0.25) is 10.1 Å². The van der Waals surface area contributed by atoms with E-state index in [-0.39, 0.29) is 26.7 Å². The quantitative estimate of drug-likeness (QED) is 0.641. The molecule has 0 aliphatic carbocycles. The Hall–Kier alpha value is -1.98. The van der Waals surface area contributed by atoms with Crippen molar-refractivity contribution < 1.29 is 17.6 Å². The second-order valence-electron chi connectivity index (χ2n) is 5.42. The van der Waals surface area contributed by atoms with Gasteiger partial charge in [0.2, 0.25) is 15.9 Å². The van der Waals surface area contributed by atoms with Crippen molar-refractivity contribution in [1.82, 2.24) is 14.5 Å². The number of anilines is 1. The Balaban J connectivity index is 1.78. The third kappa shape index (κ3) is 4.14. The summed E-state index contributed by atoms with van der Waals surface area (Å²) in [6.07, 6.45) is 0. The number of hydrogen-bond acceptors (Lipinski definition) is 7. The summed E-state index contributed by atoms with van der Waals surface area (Å²) in [5.74, 6) is -0.417. The van der Waals surface area contributed by atoms with Crippen molar-refractivity contribution in [2.45, 2.75) is 4.90 Å². The number of carbonyl (C=O) groups is 1. The predicted molar refractivity (Wildman–Crippen MR) is 103 cm³/mol. The highest BCUT2D eigenvalue weighted by Gasteiger charge is 2.19. The molecule has 1 N–H and O–H groups in total. The number of rotatable bonds is 5. The van der Waals surface area contributed by atoms with Crippen LogP contribution in [0.5, 0.6) is 0 Å². The monoisotopic (exact) mass is 446 g/mol. The van der Waals surface area contributed by atoms with Gasteiger partial charge in [0.05, 0.1) is 14.8 Å². The van der Waals surface area contributed by atoms with E-state index in [1.165, 1.54) is 44.4 Å². The Morgan fingerprint density at radius 3 is 2.41 bits per heavy atom. The van der Waals surface area contributed by atoms with Gasteiger partial charge in [0.25, 0.3) is 5.91 Å². The fourth-order valence-corrected chi connectivity index (χ4v) is 4.39. The first-order chi connectivity index (χ1) is 12.7. The van der Waals surface area contributed by atoms with Crippen LogP contribution in [0.3, 0.4) is 0 Å². The second kappa shape index (κ2) is 7.56. The van der Waals surface area contributed by atoms with E-state index in [1.807, 2.05) is 0 Å². The first-order valence-corrected chi connectivity index (χ1v) is 10.3. The molecule has 0 bridgehead atoms. The van der Waals surface area contributed by atoms with Crippen molar-refractivity contribution in [3.8, 4) is 11.5 Å². The molecule has 0 saturated carbocycles. The second-order valence-corrected chi connectivity index (χ2v) is 9.85. The van der Waals surface area contributed by atoms with Crippen LogP contribution in [0.15, 0.2) is 39.6 Å². The van der Waals surface area contributed by atoms with E-state index in [0.717, 1.165) is 15.6 Å². The van der Waals surface area contributed by atoms with Gasteiger partial charge in [0.15, 0.2) is 0 Å². The lowest BCUT2D eigenvalue weighted by Crippen LogP contribution is -2.22. The van der Waals surface area contributed by atoms with Crippen molar-refractivity contribution in [2.75, 3.05) is 19.4 Å². The lowest BCUT2D eigenvalue weighted by atomic mass is 10.2. The van der Waals surface area contributed by atoms with E-state index >= 15 is 0 Å². The van der Waals surface area contributed by atoms with Crippen LogP contribution in [0.25, 0.3) is 11.5 Å². The van der Waals surface area contributed by atoms with Crippen LogP contribution in [-0.2, 0) is 10.0 Å². The zero-order valence-corrected chi connectivity index (χ0v) is 17.1. The molecule has 142 valence electrons. The first kappa shape index (κ1) is 19.8. The lowest BCUT2D eigenvalue weighted by molar-refractivity contribution is 0.102. The summed E-state index contributed by atoms with van der Waals surface area (Å²) in [5.41, 5.74) is 0.696. The molecule has 12 heteroatoms. The third-order valence-corrected chi connectivity index (χ3v) is 6.74. The molecule has 0 fully saturated rings. The first-order valence-electron chi connectivity index (χ1n) is 7.31. The predicted octanol–water partition coefficient (Wildman–Crippen LogP) is 3.61. The van der Waals surface area contributed by atoms with Crippen LogP contribution in [0.1, 0.15) is 10.4 Å². The van der Waals surface area contributed by atoms with Crippen LogP contribution in [0.2, 0.25) is 8.67 Å². The van der Waals surface area contributed by atoms with Crippen LogP contribution < -0.4 is 5.32 Å². The van der Waals surface area contributed by atoms with Gasteiger partial charge in [-0.15, -0.1) is 16.4 Å². The van der Waals surface area contributed by atoms with Crippen LogP contribution in [0, 0.1) is 0 Å². The number of amides is 1. The number of hydrogen-bond donors (Lipinski definition) is 1. The Morgan fingerprint density at radius 2 is 1.85 bits per heavy atom. The molecule has 2 heterocycles. The van der Waals surface area contributed by atoms with Gasteiger partial charge in [-0.25, -0.2) is 12.7 Å². The molecule has 8 nitrogen and oxygen atoms in total. The maximum Gasteiger partial charge on any atom is 0.322 e. The minimum absolute atomic E-state index is 0.119. The smallest absolute Gasteiger partial charge is 0.322 e. The van der Waals surface area contributed by atoms with E-state index in [4.69, 9.17) is 27.6 Å². The number of sulfonamides is 1. The summed E-state index contributed by atoms with van der Waals surface area (Å²) in [6.45, 7) is 0. The molecule has 3 rings (SSSR count). The van der Waals surface area contributed by atoms with Crippen LogP contribution in [0.4, 0.5) is 6.01 Å². The molecule has 3 aromatic rings. The van der Waals surface area contributed by atoms with Crippen molar-refractivity contribution >= 4 is 56.5 Å². The normalized spacial score (nSPS) is 11.7. The number of nitrogens with one attached hydrogen (secondary N) is 1. The fraction of sp³-hybridized carbons (Fsp3) is 0.133. The summed E-state index contributed by atoms with van der Waals surface area (Å²) < 4.78 is 31.3. The Morgan fingerprint density at radius 1 is 1.19 bits per heavy atom. The standard InChI is InChI=1S/C15H12Cl2N4O4S2/c1-21(2)27(23,24)9-5-3-8(4-6-9)14-19-20-15(25-14)18-13(22)10-7-11(16)26-12(10)17/h3-7H,1-2H3,(H,18,20,22). The molecular weight excluding hydrogens is 435 g/mol. The zero-order chi connectivity index (χ0) is 19.8. The molecule has 27 heavy (non-hydrogen) atoms. The lowest BCUT2D eigenvalue weighted by Gasteiger charge is -2.11. The molecule has 0 spiro atoms. The van der Waals surface area contributed by atoms with Gasteiger partial charge >= 0.3 is 6.01 Å². The summed E-state index contributed by atoms with van der Waals surface area (Å²) in [5, 5.41) is 10.0. The van der Waals surface area contributed by atoms with E-state index < -0.39 is 15.9 Å². The fourth-order valence-electron chi connectivity index (χ4n) is 2.03. The Kier molecular flexibility index (Phi) is 5.54. The number of benzene rings is 1. The molecule has 1 aromatic carbocycles. The number of nitrogens with zero attached hydrogens (tertiary/aromatic N) is 3. The largest absolute Gasteiger partial charge is 0.403 e. The van der Waals surface area contributed by atoms with Crippen molar-refractivity contribution in [2.24, 2.45) is 0 Å². The number of halogens is 2. The van der Waals surface area contributed by atoms with E-state index in [9.17, 15) is 13.2 Å². The average Bonchev–Trinajstić information content (AvgIpc) is 3.21. The number of thiophene rings is 1. The number of aromatic nitrogens is 2. The van der Waals surface area contributed by atoms with E-state index in [1.54, 1.807) is 0 Å². The molecule has 0 unspecified atom stereocenters. The molecule has 0 radical (unpaired) electrons. The molecule has 1 amide bonds. The molecule has 0 atom stereocenters. The third-order valence-electron chi connectivity index (χ3n) is 3.43. The highest BCUT2D eigenvalue weighted by molar-refractivity contribution is 7.89. The summed E-state index contributed by atoms with van der Waals surface area (Å²) >= 11 is 12.8. The highest BCUT2D eigenvalue weighted by Crippen LogP contribution is 2.31. The van der Waals surface area contributed by atoms with Crippen molar-refractivity contribution in [1.29, 1.82) is 0 Å². The molecule has 0 aliphatic heterocycles. The van der Waals surface area contributed by atoms with Crippen molar-refractivity contribution in [3.63, 3.8) is 0 Å². The van der Waals surface area contributed by atoms with Gasteiger partial charge in [-0.05, 0) is 30.3 Å². The Labute approximate surface area is 168 Å². The van der Waals surface area contributed by atoms with Crippen molar-refractivity contribution in [3.05, 3.63) is 44.6 Å². The molecule has 2 aromatic heterocycles. The number of carbonyl (C=O) groups excluding carboxylic acids is 1. The topological polar surface area (TPSA) is 105 Å². The molecule has 0 aliphatic rings. The van der Waals surface area contributed by atoms with E-state index in [2.05, 4.69) is 15.5 Å². The van der Waals surface area contributed by atoms with Gasteiger partial charge in [0.1, 0.15) is 4.34 Å². The highest BCUT2D eigenvalue weighted by atomic mass is 35.5. The summed E-state index contributed by atoms with van der Waals surface area (Å²) in [7, 11) is -0.637. The minimum atomic E-state index is -3.53. The Bertz CT molecular complexity index is 1090. The van der Waals surface area contributed by atoms with E-state index in [0.29, 0.717) is 9.90 Å². The van der Waals surface area contributed by atoms with Gasteiger partial charge in [-0.1, -0.05) is 28.3 Å². The molecular formula is C15H12Cl2N4O4S2. The maximum atomic E-state index is 12.2. The molecule has 0 saturated heterocycles. The maximum absolute atomic E-state index is 12.2. The van der Waals surface area contributed by atoms with Crippen LogP contribution >= 0.6 is 34.5 Å². The van der Waals surface area contributed by atoms with Gasteiger partial charge < -0.3 is 4.42 Å². The SMILES string of the molecule is CN(C)S(=O)(=O)c1ccc(-c2nnc(NC(=O)c3cc(Cl)sc3Cl)o2)cc1. The average molecular weight is 447 g/mol. The van der Waals surface area contributed by atoms with Gasteiger partial charge in [0, 0.05) is 19.7 Å². The zero-order valence-electron chi connectivity index (χ0n) is 13.9. The summed E-state index contributed by atoms with van der Waals surface area (Å²) in [4.78, 5) is 12.3. The minimum Gasteiger partial charge on any atom is -0.403 e.